The summed E-state index contributed by atoms with van der Waals surface area (Å²) in [5.41, 5.74) is 0.339. The highest BCUT2D eigenvalue weighted by molar-refractivity contribution is 6.07. The summed E-state index contributed by atoms with van der Waals surface area (Å²) in [7, 11) is 1.20. The van der Waals surface area contributed by atoms with Gasteiger partial charge in [-0.15, -0.1) is 0 Å². The molecule has 0 saturated carbocycles. The monoisotopic (exact) mass is 922 g/mol. The first-order chi connectivity index (χ1) is 32.0. The van der Waals surface area contributed by atoms with E-state index in [0.29, 0.717) is 0 Å². The van der Waals surface area contributed by atoms with E-state index < -0.39 is 41.6 Å². The van der Waals surface area contributed by atoms with Crippen molar-refractivity contribution in [2.45, 2.75) is 6.61 Å². The second kappa shape index (κ2) is 23.2. The highest BCUT2D eigenvalue weighted by atomic mass is 16.5. The summed E-state index contributed by atoms with van der Waals surface area (Å²) >= 11 is 0. The van der Waals surface area contributed by atoms with Crippen molar-refractivity contribution >= 4 is 76.5 Å². The van der Waals surface area contributed by atoms with Gasteiger partial charge in [0.1, 0.15) is 70.0 Å². The van der Waals surface area contributed by atoms with Crippen molar-refractivity contribution in [1.82, 2.24) is 29.9 Å². The topological polar surface area (TPSA) is 350 Å². The normalized spacial score (nSPS) is 10.1. The summed E-state index contributed by atoms with van der Waals surface area (Å²) in [6, 6.07) is 35.3. The van der Waals surface area contributed by atoms with Crippen LogP contribution in [-0.2, 0) is 16.1 Å². The van der Waals surface area contributed by atoms with E-state index in [4.69, 9.17) is 4.74 Å². The predicted octanol–water partition coefficient (Wildman–Crippen LogP) is 4.20. The van der Waals surface area contributed by atoms with Crippen molar-refractivity contribution in [1.29, 1.82) is 0 Å². The molecule has 10 N–H and O–H groups in total. The molecule has 0 unspecified atom stereocenters. The van der Waals surface area contributed by atoms with Gasteiger partial charge in [0.25, 0.3) is 29.5 Å². The van der Waals surface area contributed by atoms with E-state index in [1.165, 1.54) is 116 Å². The first-order valence-electron chi connectivity index (χ1n) is 19.4. The van der Waals surface area contributed by atoms with Crippen LogP contribution in [0.15, 0.2) is 140 Å². The van der Waals surface area contributed by atoms with Crippen LogP contribution in [0.1, 0.15) is 68.5 Å². The number of ether oxygens (including phenoxy) is 2. The molecule has 0 bridgehead atoms. The Kier molecular flexibility index (Phi) is 16.8. The van der Waals surface area contributed by atoms with Crippen LogP contribution < -0.4 is 31.9 Å². The van der Waals surface area contributed by atoms with Gasteiger partial charge >= 0.3 is 12.1 Å². The van der Waals surface area contributed by atoms with Gasteiger partial charge in [0.15, 0.2) is 5.69 Å². The lowest BCUT2D eigenvalue weighted by Crippen LogP contribution is -2.20. The zero-order valence-corrected chi connectivity index (χ0v) is 35.3. The van der Waals surface area contributed by atoms with Crippen LogP contribution >= 0.6 is 0 Å². The molecule has 6 aromatic heterocycles. The molecule has 0 atom stereocenters. The number of aromatic nitrogens is 6. The van der Waals surface area contributed by atoms with Crippen molar-refractivity contribution in [3.63, 3.8) is 0 Å². The third kappa shape index (κ3) is 13.3. The van der Waals surface area contributed by atoms with Crippen LogP contribution in [0, 0.1) is 0 Å². The summed E-state index contributed by atoms with van der Waals surface area (Å²) in [6.45, 7) is 0.0406. The molecule has 0 aliphatic carbocycles. The second-order valence-corrected chi connectivity index (χ2v) is 13.4. The molecule has 6 heterocycles. The Balaban J connectivity index is 0.00000432. The largest absolute Gasteiger partial charge is 0.464 e. The maximum absolute atomic E-state index is 13.2. The highest BCUT2D eigenvalue weighted by Crippen LogP contribution is 2.16. The number of amides is 6. The zero-order valence-electron chi connectivity index (χ0n) is 35.3. The zero-order chi connectivity index (χ0) is 46.4. The molecule has 0 saturated heterocycles. The van der Waals surface area contributed by atoms with Crippen LogP contribution in [-0.4, -0.2) is 89.6 Å². The molecule has 0 spiro atoms. The molecule has 7 rings (SSSR count). The lowest BCUT2D eigenvalue weighted by molar-refractivity contribution is 0.0593. The average molecular weight is 923 g/mol. The Morgan fingerprint density at radius 3 is 0.956 bits per heavy atom. The fourth-order valence-corrected chi connectivity index (χ4v) is 5.64. The van der Waals surface area contributed by atoms with Crippen molar-refractivity contribution in [3.8, 4) is 0 Å². The van der Waals surface area contributed by atoms with E-state index in [-0.39, 0.29) is 86.6 Å². The summed E-state index contributed by atoms with van der Waals surface area (Å²) in [6.07, 6.45) is -0.763. The number of rotatable bonds is 14. The fourth-order valence-electron chi connectivity index (χ4n) is 5.64. The minimum Gasteiger partial charge on any atom is -0.464 e. The number of carbonyl (C=O) groups excluding carboxylic acids is 7. The number of benzene rings is 1. The van der Waals surface area contributed by atoms with Crippen LogP contribution in [0.25, 0.3) is 0 Å². The maximum Gasteiger partial charge on any atom is 0.413 e. The van der Waals surface area contributed by atoms with Gasteiger partial charge in [-0.2, -0.15) is 0 Å². The Morgan fingerprint density at radius 1 is 0.368 bits per heavy atom. The molecular weight excluding hydrogens is 885 g/mol. The molecule has 23 nitrogen and oxygen atoms in total. The molecule has 1 aromatic carbocycles. The van der Waals surface area contributed by atoms with Gasteiger partial charge in [0.2, 0.25) is 0 Å². The molecule has 0 aliphatic heterocycles. The van der Waals surface area contributed by atoms with Crippen molar-refractivity contribution in [2.75, 3.05) is 39.0 Å². The number of nitrogens with zero attached hydrogens (tertiary/aromatic N) is 6. The molecule has 7 aromatic rings. The SMILES string of the molecule is COC(=O)c1cccc(NC(=O)c2cccc(NC(=O)c3cccc(NC(=O)c4cccc(NC(=O)c5cccc(NC(=O)c6cccc(NC(=O)OCc7ccccc7)n6)n5)n4)n3)n2)n1.O.O. The third-order valence-corrected chi connectivity index (χ3v) is 8.70. The second-order valence-electron chi connectivity index (χ2n) is 13.4. The standard InChI is InChI=1S/C45H34N12O9.2H2O/c1-65-44(63)32-18-10-23-37(51-32)56-42(61)30-16-8-21-35(49-30)54-40(59)28-14-6-19-33(47-28)52-39(58)27-13-5-20-34(46-27)53-41(60)29-15-7-22-36(48-29)55-43(62)31-17-9-24-38(50-31)57-45(64)66-25-26-11-3-2-4-12-26;;/h2-24H,25H2,1H3,(H,46,53,60)(H,47,52,58)(H,48,55,62)(H,49,54,59)(H,50,57,64)(H,51,56,61);2*1H2. The molecule has 0 aliphatic rings. The van der Waals surface area contributed by atoms with E-state index >= 15 is 0 Å². The van der Waals surface area contributed by atoms with E-state index in [0.717, 1.165) is 5.56 Å². The molecule has 6 amide bonds. The van der Waals surface area contributed by atoms with Gasteiger partial charge in [-0.05, 0) is 78.4 Å². The quantitative estimate of drug-likeness (QED) is 0.0832. The Labute approximate surface area is 384 Å². The Bertz CT molecular complexity index is 2990. The number of esters is 1. The maximum atomic E-state index is 13.2. The third-order valence-electron chi connectivity index (χ3n) is 8.70. The number of carbonyl (C=O) groups is 7. The van der Waals surface area contributed by atoms with Crippen LogP contribution in [0.3, 0.4) is 0 Å². The number of hydrogen-bond donors (Lipinski definition) is 6. The number of methoxy groups -OCH3 is 1. The van der Waals surface area contributed by atoms with Gasteiger partial charge in [-0.25, -0.2) is 39.5 Å². The molecular formula is C45H38N12O11. The Morgan fingerprint density at radius 2 is 0.647 bits per heavy atom. The van der Waals surface area contributed by atoms with Crippen LogP contribution in [0.4, 0.5) is 39.7 Å². The van der Waals surface area contributed by atoms with E-state index in [9.17, 15) is 33.6 Å². The number of anilines is 6. The first kappa shape index (κ1) is 49.2. The molecule has 344 valence electrons. The van der Waals surface area contributed by atoms with Gasteiger partial charge in [-0.1, -0.05) is 66.7 Å². The Hall–Kier alpha value is -9.87. The summed E-state index contributed by atoms with van der Waals surface area (Å²) < 4.78 is 9.86. The first-order valence-corrected chi connectivity index (χ1v) is 19.4. The average Bonchev–Trinajstić information content (AvgIpc) is 3.34. The van der Waals surface area contributed by atoms with Crippen LogP contribution in [0.2, 0.25) is 0 Å². The molecule has 68 heavy (non-hydrogen) atoms. The van der Waals surface area contributed by atoms with Gasteiger partial charge in [0, 0.05) is 0 Å². The van der Waals surface area contributed by atoms with Crippen LogP contribution in [0.5, 0.6) is 0 Å². The molecule has 0 fully saturated rings. The summed E-state index contributed by atoms with van der Waals surface area (Å²) in [4.78, 5) is 115. The van der Waals surface area contributed by atoms with Gasteiger partial charge < -0.3 is 47.0 Å². The van der Waals surface area contributed by atoms with Crippen molar-refractivity contribution < 1.29 is 54.0 Å². The van der Waals surface area contributed by atoms with Gasteiger partial charge in [0.05, 0.1) is 7.11 Å². The molecule has 0 radical (unpaired) electrons. The predicted molar refractivity (Wildman–Crippen MR) is 244 cm³/mol. The van der Waals surface area contributed by atoms with Crippen molar-refractivity contribution in [3.05, 3.63) is 179 Å². The smallest absolute Gasteiger partial charge is 0.413 e. The number of nitrogens with one attached hydrogen (secondary N) is 6. The minimum atomic E-state index is -0.763. The van der Waals surface area contributed by atoms with E-state index in [2.05, 4.69) is 66.5 Å². The molecule has 23 heteroatoms. The lowest BCUT2D eigenvalue weighted by Gasteiger charge is -2.10. The minimum absolute atomic E-state index is 0. The highest BCUT2D eigenvalue weighted by Gasteiger charge is 2.18. The summed E-state index contributed by atoms with van der Waals surface area (Å²) in [5.74, 6) is -3.99. The lowest BCUT2D eigenvalue weighted by atomic mass is 10.2. The van der Waals surface area contributed by atoms with E-state index in [1.54, 1.807) is 12.1 Å². The van der Waals surface area contributed by atoms with Gasteiger partial charge in [-0.3, -0.25) is 29.3 Å². The fraction of sp³-hybridized carbons (Fsp3) is 0.0444. The number of hydrogen-bond acceptors (Lipinski definition) is 15. The van der Waals surface area contributed by atoms with Crippen molar-refractivity contribution in [2.24, 2.45) is 0 Å². The summed E-state index contributed by atoms with van der Waals surface area (Å²) in [5, 5.41) is 15.3. The number of pyridine rings is 6. The van der Waals surface area contributed by atoms with E-state index in [1.807, 2.05) is 18.2 Å².